The highest BCUT2D eigenvalue weighted by Gasteiger charge is 2.52. The van der Waals surface area contributed by atoms with Gasteiger partial charge in [-0.15, -0.1) is 0 Å². The molecule has 1 atom stereocenters. The molecule has 1 N–H and O–H groups in total. The molecule has 3 heterocycles. The van der Waals surface area contributed by atoms with Crippen LogP contribution in [0.3, 0.4) is 0 Å². The minimum absolute atomic E-state index is 0.118. The number of rotatable bonds is 8. The fraction of sp³-hybridized carbons (Fsp3) is 0.706. The third kappa shape index (κ3) is 4.13. The van der Waals surface area contributed by atoms with Crippen LogP contribution in [0.25, 0.3) is 0 Å². The van der Waals surface area contributed by atoms with Crippen molar-refractivity contribution in [1.82, 2.24) is 14.6 Å². The number of methoxy groups -OCH3 is 1. The number of pyridine rings is 1. The highest BCUT2D eigenvalue weighted by molar-refractivity contribution is 7.89. The van der Waals surface area contributed by atoms with Crippen molar-refractivity contribution in [2.75, 3.05) is 39.1 Å². The summed E-state index contributed by atoms with van der Waals surface area (Å²) in [5, 5.41) is 0. The molecule has 1 spiro atoms. The summed E-state index contributed by atoms with van der Waals surface area (Å²) in [6, 6.07) is 3.95. The smallest absolute Gasteiger partial charge is 0.217 e. The Bertz CT molecular complexity index is 689. The van der Waals surface area contributed by atoms with Crippen LogP contribution in [0, 0.1) is 5.92 Å². The van der Waals surface area contributed by atoms with E-state index < -0.39 is 10.0 Å². The van der Waals surface area contributed by atoms with E-state index in [0.29, 0.717) is 18.3 Å². The van der Waals surface area contributed by atoms with Crippen molar-refractivity contribution in [2.24, 2.45) is 5.92 Å². The molecule has 0 aliphatic carbocycles. The summed E-state index contributed by atoms with van der Waals surface area (Å²) in [5.41, 5.74) is 0.956. The molecule has 0 bridgehead atoms. The average Bonchev–Trinajstić information content (AvgIpc) is 2.99. The highest BCUT2D eigenvalue weighted by Crippen LogP contribution is 2.42. The van der Waals surface area contributed by atoms with E-state index >= 15 is 0 Å². The number of hydrogen-bond donors (Lipinski definition) is 1. The van der Waals surface area contributed by atoms with Gasteiger partial charge in [-0.1, -0.05) is 6.07 Å². The van der Waals surface area contributed by atoms with Gasteiger partial charge in [-0.2, -0.15) is 0 Å². The zero-order chi connectivity index (χ0) is 17.9. The minimum Gasteiger partial charge on any atom is -0.481 e. The molecule has 140 valence electrons. The van der Waals surface area contributed by atoms with Gasteiger partial charge in [-0.3, -0.25) is 4.90 Å². The van der Waals surface area contributed by atoms with Crippen LogP contribution in [0.2, 0.25) is 0 Å². The normalized spacial score (nSPS) is 22.9. The fourth-order valence-corrected chi connectivity index (χ4v) is 4.46. The van der Waals surface area contributed by atoms with E-state index in [1.54, 1.807) is 20.2 Å². The van der Waals surface area contributed by atoms with Gasteiger partial charge in [0.2, 0.25) is 15.9 Å². The van der Waals surface area contributed by atoms with E-state index in [-0.39, 0.29) is 11.4 Å². The molecule has 2 saturated heterocycles. The average molecular weight is 369 g/mol. The minimum atomic E-state index is -3.12. The molecule has 1 unspecified atom stereocenters. The van der Waals surface area contributed by atoms with Gasteiger partial charge in [0, 0.05) is 44.5 Å². The van der Waals surface area contributed by atoms with Crippen LogP contribution < -0.4 is 9.46 Å². The summed E-state index contributed by atoms with van der Waals surface area (Å²) in [6.07, 6.45) is 3.55. The lowest BCUT2D eigenvalue weighted by molar-refractivity contribution is -0.136. The maximum Gasteiger partial charge on any atom is 0.217 e. The first-order valence-electron chi connectivity index (χ1n) is 8.79. The van der Waals surface area contributed by atoms with Gasteiger partial charge in [-0.05, 0) is 31.7 Å². The van der Waals surface area contributed by atoms with Crippen molar-refractivity contribution < 1.29 is 17.9 Å². The summed E-state index contributed by atoms with van der Waals surface area (Å²) < 4.78 is 37.2. The van der Waals surface area contributed by atoms with Crippen LogP contribution in [0.5, 0.6) is 5.88 Å². The quantitative estimate of drug-likeness (QED) is 0.737. The molecule has 2 aliphatic heterocycles. The van der Waals surface area contributed by atoms with E-state index in [1.807, 2.05) is 12.1 Å². The zero-order valence-corrected chi connectivity index (χ0v) is 15.7. The molecule has 0 radical (unpaired) electrons. The molecular weight excluding hydrogens is 342 g/mol. The number of hydrogen-bond acceptors (Lipinski definition) is 6. The summed E-state index contributed by atoms with van der Waals surface area (Å²) in [4.78, 5) is 6.57. The van der Waals surface area contributed by atoms with Crippen LogP contribution in [-0.4, -0.2) is 63.0 Å². The van der Waals surface area contributed by atoms with Crippen LogP contribution in [-0.2, 0) is 21.3 Å². The van der Waals surface area contributed by atoms with Crippen molar-refractivity contribution in [2.45, 2.75) is 31.9 Å². The Labute approximate surface area is 149 Å². The first-order valence-corrected chi connectivity index (χ1v) is 10.4. The lowest BCUT2D eigenvalue weighted by Gasteiger charge is -2.50. The standard InChI is InChI=1S/C17H27N3O4S/c1-3-25(21,22)19-9-6-15-7-10-24-17(15)12-20(13-17)11-14-5-4-8-18-16(14)23-2/h4-5,8,15,19H,3,6-7,9-13H2,1-2H3. The van der Waals surface area contributed by atoms with Gasteiger partial charge in [-0.25, -0.2) is 18.1 Å². The molecular formula is C17H27N3O4S. The third-order valence-electron chi connectivity index (χ3n) is 5.21. The molecule has 8 heteroatoms. The Morgan fingerprint density at radius 3 is 3.00 bits per heavy atom. The summed E-state index contributed by atoms with van der Waals surface area (Å²) in [5.74, 6) is 1.19. The predicted molar refractivity (Wildman–Crippen MR) is 94.9 cm³/mol. The van der Waals surface area contributed by atoms with Gasteiger partial charge in [0.1, 0.15) is 0 Å². The summed E-state index contributed by atoms with van der Waals surface area (Å²) in [7, 11) is -1.48. The Kier molecular flexibility index (Phi) is 5.62. The van der Waals surface area contributed by atoms with E-state index in [4.69, 9.17) is 9.47 Å². The molecule has 7 nitrogen and oxygen atoms in total. The number of sulfonamides is 1. The van der Waals surface area contributed by atoms with Crippen molar-refractivity contribution in [3.63, 3.8) is 0 Å². The second kappa shape index (κ2) is 7.57. The summed E-state index contributed by atoms with van der Waals surface area (Å²) in [6.45, 7) is 5.43. The molecule has 2 aliphatic rings. The van der Waals surface area contributed by atoms with Gasteiger partial charge >= 0.3 is 0 Å². The van der Waals surface area contributed by atoms with E-state index in [1.165, 1.54) is 0 Å². The van der Waals surface area contributed by atoms with Crippen molar-refractivity contribution in [3.05, 3.63) is 23.9 Å². The number of aromatic nitrogens is 1. The lowest BCUT2D eigenvalue weighted by Crippen LogP contribution is -2.64. The third-order valence-corrected chi connectivity index (χ3v) is 6.62. The lowest BCUT2D eigenvalue weighted by atomic mass is 9.79. The van der Waals surface area contributed by atoms with Crippen LogP contribution in [0.15, 0.2) is 18.3 Å². The van der Waals surface area contributed by atoms with Crippen molar-refractivity contribution >= 4 is 10.0 Å². The maximum absolute atomic E-state index is 11.6. The van der Waals surface area contributed by atoms with Crippen molar-refractivity contribution in [1.29, 1.82) is 0 Å². The summed E-state index contributed by atoms with van der Waals surface area (Å²) >= 11 is 0. The van der Waals surface area contributed by atoms with Gasteiger partial charge < -0.3 is 9.47 Å². The predicted octanol–water partition coefficient (Wildman–Crippen LogP) is 1.01. The molecule has 25 heavy (non-hydrogen) atoms. The highest BCUT2D eigenvalue weighted by atomic mass is 32.2. The van der Waals surface area contributed by atoms with E-state index in [2.05, 4.69) is 14.6 Å². The second-order valence-corrected chi connectivity index (χ2v) is 8.90. The molecule has 2 fully saturated rings. The number of likely N-dealkylation sites (tertiary alicyclic amines) is 1. The Balaban J connectivity index is 1.52. The number of nitrogens with zero attached hydrogens (tertiary/aromatic N) is 2. The Morgan fingerprint density at radius 2 is 2.28 bits per heavy atom. The molecule has 3 rings (SSSR count). The van der Waals surface area contributed by atoms with Crippen molar-refractivity contribution in [3.8, 4) is 5.88 Å². The van der Waals surface area contributed by atoms with E-state index in [9.17, 15) is 8.42 Å². The largest absolute Gasteiger partial charge is 0.481 e. The van der Waals surface area contributed by atoms with Crippen LogP contribution in [0.1, 0.15) is 25.3 Å². The molecule has 1 aromatic rings. The molecule has 0 saturated carbocycles. The molecule has 0 amide bonds. The first kappa shape index (κ1) is 18.6. The number of nitrogens with one attached hydrogen (secondary N) is 1. The van der Waals surface area contributed by atoms with Gasteiger partial charge in [0.05, 0.1) is 18.5 Å². The Morgan fingerprint density at radius 1 is 1.48 bits per heavy atom. The van der Waals surface area contributed by atoms with Gasteiger partial charge in [0.15, 0.2) is 0 Å². The van der Waals surface area contributed by atoms with Crippen LogP contribution >= 0.6 is 0 Å². The fourth-order valence-electron chi connectivity index (χ4n) is 3.82. The topological polar surface area (TPSA) is 80.8 Å². The van der Waals surface area contributed by atoms with E-state index in [0.717, 1.165) is 44.6 Å². The molecule has 1 aromatic heterocycles. The molecule has 0 aromatic carbocycles. The zero-order valence-electron chi connectivity index (χ0n) is 14.9. The number of ether oxygens (including phenoxy) is 2. The Hall–Kier alpha value is -1.22. The van der Waals surface area contributed by atoms with Gasteiger partial charge in [0.25, 0.3) is 0 Å². The maximum atomic E-state index is 11.6. The SMILES string of the molecule is CCS(=O)(=O)NCCC1CCOC12CN(Cc1cccnc1OC)C2. The van der Waals surface area contributed by atoms with Crippen LogP contribution in [0.4, 0.5) is 0 Å². The second-order valence-electron chi connectivity index (χ2n) is 6.80. The monoisotopic (exact) mass is 369 g/mol. The first-order chi connectivity index (χ1) is 12.0.